The molecule has 2 aromatic rings. The molecule has 1 aromatic heterocycles. The molecule has 5 heteroatoms. The van der Waals surface area contributed by atoms with Gasteiger partial charge in [-0.05, 0) is 24.2 Å². The molecule has 0 aliphatic rings. The van der Waals surface area contributed by atoms with Crippen LogP contribution < -0.4 is 5.32 Å². The third-order valence-electron chi connectivity index (χ3n) is 2.80. The number of imidazole rings is 1. The summed E-state index contributed by atoms with van der Waals surface area (Å²) in [5.41, 5.74) is 1.04. The highest BCUT2D eigenvalue weighted by molar-refractivity contribution is 9.10. The standard InChI is InChI=1S/C13H15BrClN3/c1-3-16-12(13-17-6-7-18(13)2)10-5-4-9(14)8-11(10)15/h4-8,12,16H,3H2,1-2H3. The first kappa shape index (κ1) is 13.6. The fourth-order valence-electron chi connectivity index (χ4n) is 1.94. The van der Waals surface area contributed by atoms with Gasteiger partial charge in [0.1, 0.15) is 5.82 Å². The SMILES string of the molecule is CCNC(c1ccc(Br)cc1Cl)c1nccn1C. The lowest BCUT2D eigenvalue weighted by atomic mass is 10.1. The van der Waals surface area contributed by atoms with E-state index in [4.69, 9.17) is 11.6 Å². The van der Waals surface area contributed by atoms with Gasteiger partial charge in [-0.25, -0.2) is 4.98 Å². The Balaban J connectivity index is 2.45. The summed E-state index contributed by atoms with van der Waals surface area (Å²) in [7, 11) is 1.99. The zero-order valence-electron chi connectivity index (χ0n) is 10.3. The molecule has 0 bridgehead atoms. The number of rotatable bonds is 4. The molecule has 1 aromatic carbocycles. The Kier molecular flexibility index (Phi) is 4.43. The van der Waals surface area contributed by atoms with Gasteiger partial charge in [-0.2, -0.15) is 0 Å². The molecule has 0 radical (unpaired) electrons. The maximum Gasteiger partial charge on any atom is 0.130 e. The third kappa shape index (κ3) is 2.76. The van der Waals surface area contributed by atoms with Gasteiger partial charge in [0.05, 0.1) is 6.04 Å². The van der Waals surface area contributed by atoms with Crippen LogP contribution in [0.1, 0.15) is 24.4 Å². The van der Waals surface area contributed by atoms with Crippen LogP contribution in [-0.4, -0.2) is 16.1 Å². The summed E-state index contributed by atoms with van der Waals surface area (Å²) in [6, 6.07) is 5.93. The average molecular weight is 329 g/mol. The van der Waals surface area contributed by atoms with Crippen molar-refractivity contribution < 1.29 is 0 Å². The molecule has 0 aliphatic heterocycles. The normalized spacial score (nSPS) is 12.7. The Morgan fingerprint density at radius 2 is 2.28 bits per heavy atom. The summed E-state index contributed by atoms with van der Waals surface area (Å²) >= 11 is 9.74. The highest BCUT2D eigenvalue weighted by Crippen LogP contribution is 2.29. The number of aryl methyl sites for hydroxylation is 1. The van der Waals surface area contributed by atoms with Crippen LogP contribution in [0.4, 0.5) is 0 Å². The van der Waals surface area contributed by atoms with E-state index in [1.807, 2.05) is 36.0 Å². The van der Waals surface area contributed by atoms with Crippen molar-refractivity contribution in [3.05, 3.63) is 51.5 Å². The number of benzene rings is 1. The van der Waals surface area contributed by atoms with Gasteiger partial charge in [0, 0.05) is 28.9 Å². The van der Waals surface area contributed by atoms with E-state index in [1.54, 1.807) is 6.20 Å². The molecule has 3 nitrogen and oxygen atoms in total. The monoisotopic (exact) mass is 327 g/mol. The van der Waals surface area contributed by atoms with Crippen molar-refractivity contribution in [3.8, 4) is 0 Å². The minimum Gasteiger partial charge on any atom is -0.336 e. The smallest absolute Gasteiger partial charge is 0.130 e. The maximum absolute atomic E-state index is 6.32. The van der Waals surface area contributed by atoms with Crippen LogP contribution in [0.3, 0.4) is 0 Å². The number of aromatic nitrogens is 2. The molecule has 0 fully saturated rings. The fourth-order valence-corrected chi connectivity index (χ4v) is 2.72. The zero-order chi connectivity index (χ0) is 13.1. The molecule has 0 aliphatic carbocycles. The van der Waals surface area contributed by atoms with Gasteiger partial charge >= 0.3 is 0 Å². The van der Waals surface area contributed by atoms with Crippen molar-refractivity contribution in [3.63, 3.8) is 0 Å². The summed E-state index contributed by atoms with van der Waals surface area (Å²) in [6.07, 6.45) is 3.73. The van der Waals surface area contributed by atoms with E-state index >= 15 is 0 Å². The number of hydrogen-bond donors (Lipinski definition) is 1. The lowest BCUT2D eigenvalue weighted by Gasteiger charge is -2.19. The van der Waals surface area contributed by atoms with E-state index in [0.29, 0.717) is 0 Å². The first-order valence-electron chi connectivity index (χ1n) is 5.79. The highest BCUT2D eigenvalue weighted by Gasteiger charge is 2.19. The Morgan fingerprint density at radius 3 is 2.83 bits per heavy atom. The van der Waals surface area contributed by atoms with Crippen molar-refractivity contribution in [2.24, 2.45) is 7.05 Å². The van der Waals surface area contributed by atoms with Gasteiger partial charge in [0.2, 0.25) is 0 Å². The second-order valence-electron chi connectivity index (χ2n) is 4.05. The van der Waals surface area contributed by atoms with Crippen molar-refractivity contribution in [2.45, 2.75) is 13.0 Å². The average Bonchev–Trinajstić information content (AvgIpc) is 2.73. The van der Waals surface area contributed by atoms with Gasteiger partial charge in [-0.15, -0.1) is 0 Å². The van der Waals surface area contributed by atoms with Crippen LogP contribution in [0.25, 0.3) is 0 Å². The van der Waals surface area contributed by atoms with E-state index in [2.05, 4.69) is 33.2 Å². The largest absolute Gasteiger partial charge is 0.336 e. The summed E-state index contributed by atoms with van der Waals surface area (Å²) < 4.78 is 2.98. The maximum atomic E-state index is 6.32. The van der Waals surface area contributed by atoms with E-state index < -0.39 is 0 Å². The first-order chi connectivity index (χ1) is 8.63. The molecule has 0 saturated carbocycles. The third-order valence-corrected chi connectivity index (χ3v) is 3.62. The molecule has 96 valence electrons. The van der Waals surface area contributed by atoms with Crippen LogP contribution in [-0.2, 0) is 7.05 Å². The van der Waals surface area contributed by atoms with Gasteiger partial charge in [0.25, 0.3) is 0 Å². The Hall–Kier alpha value is -0.840. The second-order valence-corrected chi connectivity index (χ2v) is 5.38. The van der Waals surface area contributed by atoms with Gasteiger partial charge in [-0.3, -0.25) is 0 Å². The summed E-state index contributed by atoms with van der Waals surface area (Å²) in [5.74, 6) is 0.959. The van der Waals surface area contributed by atoms with Gasteiger partial charge in [-0.1, -0.05) is 40.5 Å². The number of hydrogen-bond acceptors (Lipinski definition) is 2. The van der Waals surface area contributed by atoms with Crippen LogP contribution in [0.2, 0.25) is 5.02 Å². The minimum atomic E-state index is 0.00981. The number of nitrogens with zero attached hydrogens (tertiary/aromatic N) is 2. The van der Waals surface area contributed by atoms with Crippen LogP contribution in [0.15, 0.2) is 35.1 Å². The van der Waals surface area contributed by atoms with E-state index in [1.165, 1.54) is 0 Å². The molecular formula is C13H15BrClN3. The van der Waals surface area contributed by atoms with Crippen molar-refractivity contribution in [1.82, 2.24) is 14.9 Å². The molecule has 1 heterocycles. The van der Waals surface area contributed by atoms with E-state index in [0.717, 1.165) is 27.4 Å². The van der Waals surface area contributed by atoms with Crippen LogP contribution in [0.5, 0.6) is 0 Å². The molecule has 18 heavy (non-hydrogen) atoms. The van der Waals surface area contributed by atoms with Gasteiger partial charge in [0.15, 0.2) is 0 Å². The second kappa shape index (κ2) is 5.87. The predicted octanol–water partition coefficient (Wildman–Crippen LogP) is 3.53. The molecule has 0 saturated heterocycles. The summed E-state index contributed by atoms with van der Waals surface area (Å²) in [5, 5.41) is 4.15. The molecule has 0 amide bonds. The highest BCUT2D eigenvalue weighted by atomic mass is 79.9. The fraction of sp³-hybridized carbons (Fsp3) is 0.308. The summed E-state index contributed by atoms with van der Waals surface area (Å²) in [4.78, 5) is 4.40. The Labute approximate surface area is 120 Å². The Bertz CT molecular complexity index is 539. The molecular weight excluding hydrogens is 314 g/mol. The predicted molar refractivity (Wildman–Crippen MR) is 77.9 cm³/mol. The molecule has 0 spiro atoms. The van der Waals surface area contributed by atoms with Crippen molar-refractivity contribution in [1.29, 1.82) is 0 Å². The first-order valence-corrected chi connectivity index (χ1v) is 6.96. The van der Waals surface area contributed by atoms with Gasteiger partial charge < -0.3 is 9.88 Å². The van der Waals surface area contributed by atoms with E-state index in [9.17, 15) is 0 Å². The topological polar surface area (TPSA) is 29.9 Å². The van der Waals surface area contributed by atoms with E-state index in [-0.39, 0.29) is 6.04 Å². The molecule has 1 atom stereocenters. The molecule has 1 N–H and O–H groups in total. The van der Waals surface area contributed by atoms with Crippen LogP contribution >= 0.6 is 27.5 Å². The minimum absolute atomic E-state index is 0.00981. The lowest BCUT2D eigenvalue weighted by molar-refractivity contribution is 0.577. The Morgan fingerprint density at radius 1 is 1.50 bits per heavy atom. The molecule has 1 unspecified atom stereocenters. The number of halogens is 2. The van der Waals surface area contributed by atoms with Crippen molar-refractivity contribution >= 4 is 27.5 Å². The number of nitrogens with one attached hydrogen (secondary N) is 1. The summed E-state index contributed by atoms with van der Waals surface area (Å²) in [6.45, 7) is 2.92. The molecule has 2 rings (SSSR count). The zero-order valence-corrected chi connectivity index (χ0v) is 12.7. The van der Waals surface area contributed by atoms with Crippen molar-refractivity contribution in [2.75, 3.05) is 6.54 Å². The van der Waals surface area contributed by atoms with Crippen LogP contribution in [0, 0.1) is 0 Å². The quantitative estimate of drug-likeness (QED) is 0.930. The lowest BCUT2D eigenvalue weighted by Crippen LogP contribution is -2.25.